The summed E-state index contributed by atoms with van der Waals surface area (Å²) in [6, 6.07) is 12.7. The summed E-state index contributed by atoms with van der Waals surface area (Å²) >= 11 is 0. The van der Waals surface area contributed by atoms with Crippen LogP contribution in [-0.2, 0) is 0 Å². The lowest BCUT2D eigenvalue weighted by Crippen LogP contribution is -2.43. The van der Waals surface area contributed by atoms with Crippen LogP contribution in [-0.4, -0.2) is 12.6 Å². The van der Waals surface area contributed by atoms with E-state index in [0.29, 0.717) is 5.92 Å². The van der Waals surface area contributed by atoms with Crippen molar-refractivity contribution in [1.82, 2.24) is 0 Å². The van der Waals surface area contributed by atoms with E-state index in [1.54, 1.807) is 0 Å². The first-order valence-electron chi connectivity index (χ1n) is 5.54. The lowest BCUT2D eigenvalue weighted by molar-refractivity contribution is 0.394. The van der Waals surface area contributed by atoms with Crippen LogP contribution in [0.3, 0.4) is 0 Å². The quantitative estimate of drug-likeness (QED) is 0.697. The summed E-state index contributed by atoms with van der Waals surface area (Å²) in [6.07, 6.45) is 2.36. The van der Waals surface area contributed by atoms with Gasteiger partial charge in [-0.25, -0.2) is 0 Å². The van der Waals surface area contributed by atoms with Crippen molar-refractivity contribution in [3.8, 4) is 6.07 Å². The number of hydrogen-bond donors (Lipinski definition) is 0. The fourth-order valence-corrected chi connectivity index (χ4v) is 2.29. The van der Waals surface area contributed by atoms with Gasteiger partial charge in [0.2, 0.25) is 0 Å². The maximum atomic E-state index is 9.20. The first kappa shape index (κ1) is 10.0. The molecule has 1 saturated heterocycles. The van der Waals surface area contributed by atoms with E-state index >= 15 is 0 Å². The Kier molecular flexibility index (Phi) is 2.91. The number of hydrogen-bond acceptors (Lipinski definition) is 2. The second kappa shape index (κ2) is 4.35. The van der Waals surface area contributed by atoms with Crippen molar-refractivity contribution < 1.29 is 0 Å². The molecule has 2 atom stereocenters. The standard InChI is InChI=1S/C13H16N2/c1-11-6-5-9-15(13(11)10-14)12-7-3-2-4-8-12/h2-4,7-8,11,13H,5-6,9H2,1H3/t11-,13-/m1/s1. The zero-order valence-electron chi connectivity index (χ0n) is 9.06. The Morgan fingerprint density at radius 2 is 2.07 bits per heavy atom. The molecule has 0 aliphatic carbocycles. The molecule has 0 N–H and O–H groups in total. The molecule has 1 aliphatic rings. The average Bonchev–Trinajstić information content (AvgIpc) is 2.30. The van der Waals surface area contributed by atoms with Crippen LogP contribution in [0.2, 0.25) is 0 Å². The number of piperidine rings is 1. The van der Waals surface area contributed by atoms with Crippen LogP contribution >= 0.6 is 0 Å². The molecular formula is C13H16N2. The Balaban J connectivity index is 2.24. The second-order valence-corrected chi connectivity index (χ2v) is 4.22. The van der Waals surface area contributed by atoms with E-state index in [4.69, 9.17) is 0 Å². The number of nitriles is 1. The largest absolute Gasteiger partial charge is 0.355 e. The number of anilines is 1. The van der Waals surface area contributed by atoms with Gasteiger partial charge in [0.25, 0.3) is 0 Å². The summed E-state index contributed by atoms with van der Waals surface area (Å²) in [5.41, 5.74) is 1.18. The van der Waals surface area contributed by atoms with Gasteiger partial charge in [0, 0.05) is 12.2 Å². The summed E-state index contributed by atoms with van der Waals surface area (Å²) in [5.74, 6) is 0.476. The molecule has 1 aromatic carbocycles. The first-order chi connectivity index (χ1) is 7.33. The number of para-hydroxylation sites is 1. The topological polar surface area (TPSA) is 27.0 Å². The zero-order chi connectivity index (χ0) is 10.7. The van der Waals surface area contributed by atoms with Crippen LogP contribution in [0, 0.1) is 17.2 Å². The fraction of sp³-hybridized carbons (Fsp3) is 0.462. The highest BCUT2D eigenvalue weighted by Crippen LogP contribution is 2.27. The van der Waals surface area contributed by atoms with Gasteiger partial charge in [-0.1, -0.05) is 25.1 Å². The smallest absolute Gasteiger partial charge is 0.119 e. The molecule has 2 nitrogen and oxygen atoms in total. The van der Waals surface area contributed by atoms with E-state index in [9.17, 15) is 5.26 Å². The van der Waals surface area contributed by atoms with E-state index in [1.807, 2.05) is 18.2 Å². The minimum atomic E-state index is 0.0427. The van der Waals surface area contributed by atoms with Crippen molar-refractivity contribution in [2.45, 2.75) is 25.8 Å². The van der Waals surface area contributed by atoms with Crippen LogP contribution < -0.4 is 4.90 Å². The normalized spacial score (nSPS) is 26.0. The summed E-state index contributed by atoms with van der Waals surface area (Å²) in [7, 11) is 0. The average molecular weight is 200 g/mol. The van der Waals surface area contributed by atoms with Crippen LogP contribution in [0.25, 0.3) is 0 Å². The van der Waals surface area contributed by atoms with Crippen molar-refractivity contribution in [3.63, 3.8) is 0 Å². The fourth-order valence-electron chi connectivity index (χ4n) is 2.29. The van der Waals surface area contributed by atoms with Crippen molar-refractivity contribution in [2.24, 2.45) is 5.92 Å². The Bertz CT molecular complexity index is 353. The molecule has 15 heavy (non-hydrogen) atoms. The Labute approximate surface area is 91.1 Å². The molecule has 0 bridgehead atoms. The van der Waals surface area contributed by atoms with E-state index in [-0.39, 0.29) is 6.04 Å². The van der Waals surface area contributed by atoms with Crippen LogP contribution in [0.1, 0.15) is 19.8 Å². The van der Waals surface area contributed by atoms with Gasteiger partial charge in [-0.05, 0) is 30.9 Å². The molecule has 0 radical (unpaired) electrons. The molecule has 78 valence electrons. The van der Waals surface area contributed by atoms with Crippen molar-refractivity contribution >= 4 is 5.69 Å². The van der Waals surface area contributed by atoms with E-state index < -0.39 is 0 Å². The molecular weight excluding hydrogens is 184 g/mol. The highest BCUT2D eigenvalue weighted by molar-refractivity contribution is 5.49. The summed E-state index contributed by atoms with van der Waals surface area (Å²) in [6.45, 7) is 3.18. The third-order valence-electron chi connectivity index (χ3n) is 3.15. The number of benzene rings is 1. The van der Waals surface area contributed by atoms with Gasteiger partial charge in [0.05, 0.1) is 6.07 Å². The van der Waals surface area contributed by atoms with Gasteiger partial charge < -0.3 is 4.90 Å². The first-order valence-corrected chi connectivity index (χ1v) is 5.54. The number of rotatable bonds is 1. The SMILES string of the molecule is C[C@@H]1CCCN(c2ccccc2)[C@@H]1C#N. The third kappa shape index (κ3) is 1.97. The monoisotopic (exact) mass is 200 g/mol. The van der Waals surface area contributed by atoms with Crippen molar-refractivity contribution in [3.05, 3.63) is 30.3 Å². The van der Waals surface area contributed by atoms with Gasteiger partial charge in [-0.15, -0.1) is 0 Å². The van der Waals surface area contributed by atoms with Crippen molar-refractivity contribution in [2.75, 3.05) is 11.4 Å². The lowest BCUT2D eigenvalue weighted by atomic mass is 9.91. The second-order valence-electron chi connectivity index (χ2n) is 4.22. The molecule has 0 spiro atoms. The molecule has 2 heteroatoms. The van der Waals surface area contributed by atoms with E-state index in [1.165, 1.54) is 18.5 Å². The van der Waals surface area contributed by atoms with Gasteiger partial charge in [0.15, 0.2) is 0 Å². The Morgan fingerprint density at radius 3 is 2.73 bits per heavy atom. The van der Waals surface area contributed by atoms with E-state index in [0.717, 1.165) is 6.54 Å². The number of nitrogens with zero attached hydrogens (tertiary/aromatic N) is 2. The minimum Gasteiger partial charge on any atom is -0.355 e. The highest BCUT2D eigenvalue weighted by Gasteiger charge is 2.28. The zero-order valence-corrected chi connectivity index (χ0v) is 9.06. The molecule has 0 saturated carbocycles. The van der Waals surface area contributed by atoms with Crippen LogP contribution in [0.4, 0.5) is 5.69 Å². The highest BCUT2D eigenvalue weighted by atomic mass is 15.2. The summed E-state index contributed by atoms with van der Waals surface area (Å²) in [5, 5.41) is 9.20. The predicted molar refractivity (Wildman–Crippen MR) is 61.6 cm³/mol. The summed E-state index contributed by atoms with van der Waals surface area (Å²) in [4.78, 5) is 2.23. The van der Waals surface area contributed by atoms with Gasteiger partial charge in [-0.3, -0.25) is 0 Å². The predicted octanol–water partition coefficient (Wildman–Crippen LogP) is 2.82. The minimum absolute atomic E-state index is 0.0427. The van der Waals surface area contributed by atoms with Gasteiger partial charge >= 0.3 is 0 Å². The molecule has 0 amide bonds. The summed E-state index contributed by atoms with van der Waals surface area (Å²) < 4.78 is 0. The third-order valence-corrected chi connectivity index (χ3v) is 3.15. The molecule has 0 aromatic heterocycles. The molecule has 2 rings (SSSR count). The molecule has 1 aliphatic heterocycles. The maximum absolute atomic E-state index is 9.20. The lowest BCUT2D eigenvalue weighted by Gasteiger charge is -2.37. The van der Waals surface area contributed by atoms with Crippen LogP contribution in [0.5, 0.6) is 0 Å². The molecule has 1 heterocycles. The molecule has 0 unspecified atom stereocenters. The van der Waals surface area contributed by atoms with Crippen LogP contribution in [0.15, 0.2) is 30.3 Å². The molecule has 1 aromatic rings. The Hall–Kier alpha value is -1.49. The Morgan fingerprint density at radius 1 is 1.33 bits per heavy atom. The molecule has 1 fully saturated rings. The maximum Gasteiger partial charge on any atom is 0.119 e. The van der Waals surface area contributed by atoms with Gasteiger partial charge in [0.1, 0.15) is 6.04 Å². The van der Waals surface area contributed by atoms with Gasteiger partial charge in [-0.2, -0.15) is 5.26 Å². The van der Waals surface area contributed by atoms with Crippen molar-refractivity contribution in [1.29, 1.82) is 5.26 Å². The van der Waals surface area contributed by atoms with E-state index in [2.05, 4.69) is 30.0 Å².